The number of benzene rings is 1. The van der Waals surface area contributed by atoms with Gasteiger partial charge < -0.3 is 15.3 Å². The Hall–Kier alpha value is -2.04. The van der Waals surface area contributed by atoms with Crippen LogP contribution in [0.2, 0.25) is 0 Å². The first kappa shape index (κ1) is 15.8. The summed E-state index contributed by atoms with van der Waals surface area (Å²) in [5, 5.41) is 12.3. The lowest BCUT2D eigenvalue weighted by molar-refractivity contribution is -0.136. The number of phenols is 1. The summed E-state index contributed by atoms with van der Waals surface area (Å²) in [7, 11) is 0. The molecule has 2 aliphatic heterocycles. The molecule has 2 N–H and O–H groups in total. The molecule has 2 fully saturated rings. The normalized spacial score (nSPS) is 21.8. The van der Waals surface area contributed by atoms with E-state index < -0.39 is 0 Å². The number of aromatic hydroxyl groups is 1. The van der Waals surface area contributed by atoms with Gasteiger partial charge in [0, 0.05) is 26.1 Å². The Morgan fingerprint density at radius 3 is 2.43 bits per heavy atom. The third-order valence-corrected chi connectivity index (χ3v) is 5.44. The molecule has 5 heteroatoms. The van der Waals surface area contributed by atoms with Crippen LogP contribution in [0.5, 0.6) is 5.75 Å². The molecule has 1 atom stereocenters. The molecule has 0 unspecified atom stereocenters. The number of carbonyl (C=O) groups is 2. The maximum absolute atomic E-state index is 12.7. The molecule has 1 spiro atoms. The average Bonchev–Trinajstić information content (AvgIpc) is 2.58. The molecule has 2 heterocycles. The molecule has 3 rings (SSSR count). The fraction of sp³-hybridized carbons (Fsp3) is 0.556. The molecule has 0 aromatic heterocycles. The van der Waals surface area contributed by atoms with E-state index in [0.29, 0.717) is 6.42 Å². The summed E-state index contributed by atoms with van der Waals surface area (Å²) in [6, 6.07) is 6.85. The van der Waals surface area contributed by atoms with Gasteiger partial charge in [-0.3, -0.25) is 9.59 Å². The van der Waals surface area contributed by atoms with Crippen molar-refractivity contribution in [2.24, 2.45) is 5.41 Å². The van der Waals surface area contributed by atoms with Crippen LogP contribution < -0.4 is 5.32 Å². The third kappa shape index (κ3) is 3.33. The van der Waals surface area contributed by atoms with E-state index >= 15 is 0 Å². The molecule has 1 aromatic carbocycles. The number of nitrogens with one attached hydrogen (secondary N) is 1. The van der Waals surface area contributed by atoms with Gasteiger partial charge in [-0.25, -0.2) is 0 Å². The Morgan fingerprint density at radius 2 is 1.87 bits per heavy atom. The van der Waals surface area contributed by atoms with Crippen LogP contribution in [-0.2, 0) is 9.59 Å². The number of hydrogen-bond donors (Lipinski definition) is 2. The summed E-state index contributed by atoms with van der Waals surface area (Å²) in [4.78, 5) is 26.0. The summed E-state index contributed by atoms with van der Waals surface area (Å²) in [6.45, 7) is 4.19. The van der Waals surface area contributed by atoms with Crippen LogP contribution in [0.4, 0.5) is 0 Å². The van der Waals surface area contributed by atoms with Crippen LogP contribution in [0.25, 0.3) is 0 Å². The number of piperidine rings is 2. The largest absolute Gasteiger partial charge is 0.508 e. The standard InChI is InChI=1S/C18H24N2O3/c1-13(14-2-4-15(21)5-3-14)17(23)20-10-8-18(9-11-20)7-6-16(22)19-12-18/h2-5,13,21H,6-12H2,1H3,(H,19,22)/t13-/m0/s1. The molecule has 2 aliphatic rings. The van der Waals surface area contributed by atoms with Gasteiger partial charge in [-0.1, -0.05) is 12.1 Å². The van der Waals surface area contributed by atoms with Gasteiger partial charge >= 0.3 is 0 Å². The quantitative estimate of drug-likeness (QED) is 0.877. The van der Waals surface area contributed by atoms with Crippen LogP contribution in [0.1, 0.15) is 44.1 Å². The zero-order valence-corrected chi connectivity index (χ0v) is 13.5. The van der Waals surface area contributed by atoms with Gasteiger partial charge in [-0.15, -0.1) is 0 Å². The van der Waals surface area contributed by atoms with Crippen molar-refractivity contribution in [1.82, 2.24) is 10.2 Å². The van der Waals surface area contributed by atoms with Crippen LogP contribution in [0.15, 0.2) is 24.3 Å². The molecule has 1 aromatic rings. The van der Waals surface area contributed by atoms with E-state index in [9.17, 15) is 14.7 Å². The molecule has 0 radical (unpaired) electrons. The minimum Gasteiger partial charge on any atom is -0.508 e. The van der Waals surface area contributed by atoms with E-state index in [-0.39, 0.29) is 28.9 Å². The predicted molar refractivity (Wildman–Crippen MR) is 87.0 cm³/mol. The number of hydrogen-bond acceptors (Lipinski definition) is 3. The third-order valence-electron chi connectivity index (χ3n) is 5.44. The van der Waals surface area contributed by atoms with Crippen molar-refractivity contribution in [3.05, 3.63) is 29.8 Å². The Kier molecular flexibility index (Phi) is 4.28. The Balaban J connectivity index is 1.59. The summed E-state index contributed by atoms with van der Waals surface area (Å²) in [5.41, 5.74) is 1.12. The molecule has 2 amide bonds. The lowest BCUT2D eigenvalue weighted by Crippen LogP contribution is -2.51. The molecular formula is C18H24N2O3. The highest BCUT2D eigenvalue weighted by Crippen LogP contribution is 2.38. The molecular weight excluding hydrogens is 292 g/mol. The van der Waals surface area contributed by atoms with Gasteiger partial charge in [0.2, 0.25) is 11.8 Å². The minimum absolute atomic E-state index is 0.144. The number of amides is 2. The Bertz CT molecular complexity index is 577. The molecule has 0 aliphatic carbocycles. The summed E-state index contributed by atoms with van der Waals surface area (Å²) < 4.78 is 0. The highest BCUT2D eigenvalue weighted by atomic mass is 16.3. The van der Waals surface area contributed by atoms with Crippen LogP contribution in [-0.4, -0.2) is 41.5 Å². The fourth-order valence-electron chi connectivity index (χ4n) is 3.65. The first-order valence-corrected chi connectivity index (χ1v) is 8.34. The highest BCUT2D eigenvalue weighted by molar-refractivity contribution is 5.83. The Labute approximate surface area is 136 Å². The number of carbonyl (C=O) groups excluding carboxylic acids is 2. The van der Waals surface area contributed by atoms with Gasteiger partial charge in [0.15, 0.2) is 0 Å². The Morgan fingerprint density at radius 1 is 1.22 bits per heavy atom. The number of likely N-dealkylation sites (tertiary alicyclic amines) is 1. The van der Waals surface area contributed by atoms with Gasteiger partial charge in [0.25, 0.3) is 0 Å². The maximum atomic E-state index is 12.7. The highest BCUT2D eigenvalue weighted by Gasteiger charge is 2.39. The average molecular weight is 316 g/mol. The number of phenolic OH excluding ortho intramolecular Hbond substituents is 1. The van der Waals surface area contributed by atoms with E-state index in [0.717, 1.165) is 44.5 Å². The van der Waals surface area contributed by atoms with Crippen molar-refractivity contribution in [2.75, 3.05) is 19.6 Å². The lowest BCUT2D eigenvalue weighted by Gasteiger charge is -2.44. The summed E-state index contributed by atoms with van der Waals surface area (Å²) in [5.74, 6) is 0.309. The summed E-state index contributed by atoms with van der Waals surface area (Å²) in [6.07, 6.45) is 3.47. The second kappa shape index (κ2) is 6.22. The van der Waals surface area contributed by atoms with Crippen molar-refractivity contribution < 1.29 is 14.7 Å². The molecule has 23 heavy (non-hydrogen) atoms. The van der Waals surface area contributed by atoms with Crippen molar-refractivity contribution in [3.63, 3.8) is 0 Å². The summed E-state index contributed by atoms with van der Waals surface area (Å²) >= 11 is 0. The minimum atomic E-state index is -0.198. The van der Waals surface area contributed by atoms with Crippen LogP contribution in [0, 0.1) is 5.41 Å². The smallest absolute Gasteiger partial charge is 0.229 e. The van der Waals surface area contributed by atoms with Gasteiger partial charge in [0.1, 0.15) is 5.75 Å². The molecule has 124 valence electrons. The van der Waals surface area contributed by atoms with Crippen LogP contribution in [0.3, 0.4) is 0 Å². The van der Waals surface area contributed by atoms with Crippen LogP contribution >= 0.6 is 0 Å². The lowest BCUT2D eigenvalue weighted by atomic mass is 9.73. The first-order valence-electron chi connectivity index (χ1n) is 8.34. The zero-order chi connectivity index (χ0) is 16.4. The van der Waals surface area contributed by atoms with E-state index in [1.807, 2.05) is 11.8 Å². The SMILES string of the molecule is C[C@H](C(=O)N1CCC2(CCC(=O)NC2)CC1)c1ccc(O)cc1. The number of nitrogens with zero attached hydrogens (tertiary/aromatic N) is 1. The molecule has 0 bridgehead atoms. The maximum Gasteiger partial charge on any atom is 0.229 e. The zero-order valence-electron chi connectivity index (χ0n) is 13.5. The topological polar surface area (TPSA) is 69.6 Å². The van der Waals surface area contributed by atoms with Gasteiger partial charge in [0.05, 0.1) is 5.92 Å². The van der Waals surface area contributed by atoms with Crippen molar-refractivity contribution in [2.45, 2.75) is 38.5 Å². The fourth-order valence-corrected chi connectivity index (χ4v) is 3.65. The van der Waals surface area contributed by atoms with E-state index in [2.05, 4.69) is 5.32 Å². The van der Waals surface area contributed by atoms with Gasteiger partial charge in [-0.05, 0) is 49.3 Å². The molecule has 2 saturated heterocycles. The predicted octanol–water partition coefficient (Wildman–Crippen LogP) is 2.01. The molecule has 0 saturated carbocycles. The second-order valence-electron chi connectivity index (χ2n) is 6.92. The first-order chi connectivity index (χ1) is 11.0. The van der Waals surface area contributed by atoms with E-state index in [1.165, 1.54) is 0 Å². The van der Waals surface area contributed by atoms with E-state index in [4.69, 9.17) is 0 Å². The van der Waals surface area contributed by atoms with Gasteiger partial charge in [-0.2, -0.15) is 0 Å². The van der Waals surface area contributed by atoms with Crippen molar-refractivity contribution in [3.8, 4) is 5.75 Å². The second-order valence-corrected chi connectivity index (χ2v) is 6.92. The van der Waals surface area contributed by atoms with Crippen molar-refractivity contribution >= 4 is 11.8 Å². The monoisotopic (exact) mass is 316 g/mol. The van der Waals surface area contributed by atoms with Crippen molar-refractivity contribution in [1.29, 1.82) is 0 Å². The molecule has 5 nitrogen and oxygen atoms in total. The number of rotatable bonds is 2. The van der Waals surface area contributed by atoms with E-state index in [1.54, 1.807) is 24.3 Å².